The highest BCUT2D eigenvalue weighted by Crippen LogP contribution is 2.35. The van der Waals surface area contributed by atoms with Gasteiger partial charge in [-0.25, -0.2) is 4.79 Å². The molecule has 41 heavy (non-hydrogen) atoms. The van der Waals surface area contributed by atoms with E-state index in [-0.39, 0.29) is 42.2 Å². The molecule has 0 aliphatic carbocycles. The Morgan fingerprint density at radius 2 is 1.78 bits per heavy atom. The summed E-state index contributed by atoms with van der Waals surface area (Å²) in [6, 6.07) is 14.6. The minimum Gasteiger partial charge on any atom is -0.487 e. The zero-order chi connectivity index (χ0) is 30.1. The van der Waals surface area contributed by atoms with E-state index >= 15 is 0 Å². The number of halogens is 1. The molecule has 0 unspecified atom stereocenters. The van der Waals surface area contributed by atoms with Gasteiger partial charge in [0.15, 0.2) is 18.1 Å². The van der Waals surface area contributed by atoms with Crippen LogP contribution in [0.2, 0.25) is 5.02 Å². The van der Waals surface area contributed by atoms with Crippen molar-refractivity contribution in [2.75, 3.05) is 17.2 Å². The highest BCUT2D eigenvalue weighted by Gasteiger charge is 2.19. The Hall–Kier alpha value is -4.77. The van der Waals surface area contributed by atoms with Gasteiger partial charge in [0.2, 0.25) is 0 Å². The maximum absolute atomic E-state index is 13.2. The van der Waals surface area contributed by atoms with Crippen LogP contribution < -0.4 is 25.8 Å². The first kappa shape index (κ1) is 30.8. The van der Waals surface area contributed by atoms with Crippen molar-refractivity contribution >= 4 is 46.7 Å². The SMILES string of the molecule is CC(=O)OCc1cc(CNc2ccc(Cl)cc2C(=O)Nc2ccc(C(=N)N)cc2)c(OCC(=O)O)c(OC(C)C)c1. The van der Waals surface area contributed by atoms with E-state index in [1.54, 1.807) is 48.5 Å². The van der Waals surface area contributed by atoms with Gasteiger partial charge in [-0.2, -0.15) is 0 Å². The van der Waals surface area contributed by atoms with E-state index < -0.39 is 24.5 Å². The first-order chi connectivity index (χ1) is 19.4. The van der Waals surface area contributed by atoms with Crippen molar-refractivity contribution in [3.63, 3.8) is 0 Å². The fraction of sp³-hybridized carbons (Fsp3) is 0.241. The first-order valence-electron chi connectivity index (χ1n) is 12.5. The van der Waals surface area contributed by atoms with Gasteiger partial charge in [-0.1, -0.05) is 11.6 Å². The lowest BCUT2D eigenvalue weighted by Crippen LogP contribution is -2.17. The summed E-state index contributed by atoms with van der Waals surface area (Å²) in [7, 11) is 0. The minimum absolute atomic E-state index is 0.0347. The minimum atomic E-state index is -1.17. The smallest absolute Gasteiger partial charge is 0.341 e. The van der Waals surface area contributed by atoms with Crippen LogP contribution in [0.3, 0.4) is 0 Å². The zero-order valence-electron chi connectivity index (χ0n) is 22.7. The van der Waals surface area contributed by atoms with Gasteiger partial charge < -0.3 is 35.7 Å². The van der Waals surface area contributed by atoms with Gasteiger partial charge in [-0.3, -0.25) is 15.0 Å². The van der Waals surface area contributed by atoms with Crippen LogP contribution in [-0.2, 0) is 27.5 Å². The fourth-order valence-electron chi connectivity index (χ4n) is 3.74. The number of aliphatic carboxylic acids is 1. The van der Waals surface area contributed by atoms with Crippen molar-refractivity contribution in [1.82, 2.24) is 0 Å². The molecule has 216 valence electrons. The number of rotatable bonds is 13. The van der Waals surface area contributed by atoms with Crippen LogP contribution in [0.25, 0.3) is 0 Å². The average molecular weight is 583 g/mol. The summed E-state index contributed by atoms with van der Waals surface area (Å²) in [5, 5.41) is 23.1. The third kappa shape index (κ3) is 9.14. The second-order valence-electron chi connectivity index (χ2n) is 9.20. The second-order valence-corrected chi connectivity index (χ2v) is 9.64. The standard InChI is InChI=1S/C29H31ClN4O7/c1-16(2)41-25-11-18(14-39-17(3)35)10-20(27(25)40-15-26(36)37)13-33-24-9-6-21(30)12-23(24)29(38)34-22-7-4-19(5-8-22)28(31)32/h4-12,16,33H,13-15H2,1-3H3,(H3,31,32)(H,34,38)(H,36,37). The van der Waals surface area contributed by atoms with E-state index in [1.807, 2.05) is 13.8 Å². The summed E-state index contributed by atoms with van der Waals surface area (Å²) in [4.78, 5) is 35.9. The average Bonchev–Trinajstić information content (AvgIpc) is 2.90. The van der Waals surface area contributed by atoms with Crippen LogP contribution in [-0.4, -0.2) is 41.5 Å². The highest BCUT2D eigenvalue weighted by atomic mass is 35.5. The van der Waals surface area contributed by atoms with Crippen LogP contribution in [0, 0.1) is 5.41 Å². The van der Waals surface area contributed by atoms with Gasteiger partial charge in [-0.05, 0) is 74.0 Å². The lowest BCUT2D eigenvalue weighted by atomic mass is 10.1. The summed E-state index contributed by atoms with van der Waals surface area (Å²) >= 11 is 6.20. The molecule has 11 nitrogen and oxygen atoms in total. The van der Waals surface area contributed by atoms with Crippen molar-refractivity contribution in [2.24, 2.45) is 5.73 Å². The number of hydrogen-bond acceptors (Lipinski definition) is 8. The molecule has 0 aliphatic heterocycles. The van der Waals surface area contributed by atoms with E-state index in [0.717, 1.165) is 0 Å². The number of carbonyl (C=O) groups excluding carboxylic acids is 2. The molecule has 0 radical (unpaired) electrons. The third-order valence-electron chi connectivity index (χ3n) is 5.49. The van der Waals surface area contributed by atoms with Crippen LogP contribution in [0.15, 0.2) is 54.6 Å². The van der Waals surface area contributed by atoms with Gasteiger partial charge in [-0.15, -0.1) is 0 Å². The quantitative estimate of drug-likeness (QED) is 0.108. The molecular formula is C29H31ClN4O7. The zero-order valence-corrected chi connectivity index (χ0v) is 23.5. The maximum atomic E-state index is 13.2. The van der Waals surface area contributed by atoms with Crippen molar-refractivity contribution in [2.45, 2.75) is 40.0 Å². The van der Waals surface area contributed by atoms with Gasteiger partial charge in [0.05, 0.1) is 11.7 Å². The number of benzene rings is 3. The molecule has 12 heteroatoms. The van der Waals surface area contributed by atoms with Crippen molar-refractivity contribution in [3.05, 3.63) is 81.9 Å². The van der Waals surface area contributed by atoms with E-state index in [9.17, 15) is 19.5 Å². The Bertz CT molecular complexity index is 1440. The Morgan fingerprint density at radius 1 is 1.07 bits per heavy atom. The predicted octanol–water partition coefficient (Wildman–Crippen LogP) is 4.80. The van der Waals surface area contributed by atoms with E-state index in [0.29, 0.717) is 33.1 Å². The number of anilines is 2. The van der Waals surface area contributed by atoms with Gasteiger partial charge in [0, 0.05) is 41.0 Å². The molecular weight excluding hydrogens is 552 g/mol. The van der Waals surface area contributed by atoms with Crippen molar-refractivity contribution < 1.29 is 33.7 Å². The summed E-state index contributed by atoms with van der Waals surface area (Å²) in [6.07, 6.45) is -0.261. The summed E-state index contributed by atoms with van der Waals surface area (Å²) in [5.41, 5.74) is 8.29. The van der Waals surface area contributed by atoms with Crippen LogP contribution in [0.5, 0.6) is 11.5 Å². The van der Waals surface area contributed by atoms with Crippen LogP contribution in [0.1, 0.15) is 47.8 Å². The molecule has 0 aromatic heterocycles. The monoisotopic (exact) mass is 582 g/mol. The maximum Gasteiger partial charge on any atom is 0.341 e. The fourth-order valence-corrected chi connectivity index (χ4v) is 3.91. The molecule has 6 N–H and O–H groups in total. The van der Waals surface area contributed by atoms with Crippen molar-refractivity contribution in [3.8, 4) is 11.5 Å². The number of esters is 1. The molecule has 0 saturated heterocycles. The van der Waals surface area contributed by atoms with Gasteiger partial charge >= 0.3 is 11.9 Å². The molecule has 0 spiro atoms. The first-order valence-corrected chi connectivity index (χ1v) is 12.9. The number of carboxylic acids is 1. The Kier molecular flexibility index (Phi) is 10.5. The molecule has 1 amide bonds. The lowest BCUT2D eigenvalue weighted by molar-refractivity contribution is -0.142. The predicted molar refractivity (Wildman–Crippen MR) is 155 cm³/mol. The normalized spacial score (nSPS) is 10.6. The Morgan fingerprint density at radius 3 is 2.39 bits per heavy atom. The molecule has 0 saturated carbocycles. The van der Waals surface area contributed by atoms with Gasteiger partial charge in [0.25, 0.3) is 5.91 Å². The molecule has 3 rings (SSSR count). The molecule has 3 aromatic carbocycles. The number of nitrogens with one attached hydrogen (secondary N) is 3. The number of nitrogen functional groups attached to an aromatic ring is 1. The lowest BCUT2D eigenvalue weighted by Gasteiger charge is -2.20. The molecule has 3 aromatic rings. The second kappa shape index (κ2) is 14.0. The van der Waals surface area contributed by atoms with E-state index in [1.165, 1.54) is 13.0 Å². The largest absolute Gasteiger partial charge is 0.487 e. The topological polar surface area (TPSA) is 173 Å². The number of nitrogens with two attached hydrogens (primary N) is 1. The highest BCUT2D eigenvalue weighted by molar-refractivity contribution is 6.31. The Balaban J connectivity index is 1.93. The molecule has 0 fully saturated rings. The summed E-state index contributed by atoms with van der Waals surface area (Å²) < 4.78 is 16.6. The third-order valence-corrected chi connectivity index (χ3v) is 5.72. The summed E-state index contributed by atoms with van der Waals surface area (Å²) in [5.74, 6) is -1.68. The van der Waals surface area contributed by atoms with Crippen LogP contribution in [0.4, 0.5) is 11.4 Å². The number of amidine groups is 1. The number of carbonyl (C=O) groups is 3. The number of carboxylic acid groups (broad SMARTS) is 1. The molecule has 0 heterocycles. The van der Waals surface area contributed by atoms with Gasteiger partial charge in [0.1, 0.15) is 12.4 Å². The van der Waals surface area contributed by atoms with E-state index in [4.69, 9.17) is 37.0 Å². The number of ether oxygens (including phenoxy) is 3. The summed E-state index contributed by atoms with van der Waals surface area (Å²) in [6.45, 7) is 4.36. The van der Waals surface area contributed by atoms with Crippen molar-refractivity contribution in [1.29, 1.82) is 5.41 Å². The van der Waals surface area contributed by atoms with Crippen LogP contribution >= 0.6 is 11.6 Å². The van der Waals surface area contributed by atoms with E-state index in [2.05, 4.69) is 10.6 Å². The molecule has 0 aliphatic rings. The molecule has 0 atom stereocenters. The Labute approximate surface area is 242 Å². The number of hydrogen-bond donors (Lipinski definition) is 5. The number of amides is 1. The molecule has 0 bridgehead atoms.